The van der Waals surface area contributed by atoms with Crippen LogP contribution in [0.1, 0.15) is 26.1 Å². The van der Waals surface area contributed by atoms with Crippen LogP contribution >= 0.6 is 11.3 Å². The molecule has 0 N–H and O–H groups in total. The van der Waals surface area contributed by atoms with Crippen molar-refractivity contribution in [3.8, 4) is 0 Å². The lowest BCUT2D eigenvalue weighted by Gasteiger charge is -1.88. The molecular formula is C13H12O2S. The second-order valence-corrected chi connectivity index (χ2v) is 4.88. The fraction of sp³-hybridized carbons (Fsp3) is 0.154. The van der Waals surface area contributed by atoms with E-state index in [9.17, 15) is 4.79 Å². The summed E-state index contributed by atoms with van der Waals surface area (Å²) < 4.78 is 5.24. The molecule has 0 atom stereocenters. The summed E-state index contributed by atoms with van der Waals surface area (Å²) in [7, 11) is 0. The van der Waals surface area contributed by atoms with Crippen molar-refractivity contribution in [1.29, 1.82) is 0 Å². The minimum atomic E-state index is -0.0980. The Morgan fingerprint density at radius 3 is 2.62 bits per heavy atom. The Labute approximate surface area is 98.2 Å². The number of carbonyl (C=O) groups excluding carboxylic acids is 1. The van der Waals surface area contributed by atoms with Crippen LogP contribution in [0.5, 0.6) is 0 Å². The average Bonchev–Trinajstić information content (AvgIpc) is 2.84. The normalized spacial score (nSPS) is 11.1. The van der Waals surface area contributed by atoms with E-state index in [1.807, 2.05) is 32.1 Å². The van der Waals surface area contributed by atoms with E-state index < -0.39 is 0 Å². The van der Waals surface area contributed by atoms with E-state index in [2.05, 4.69) is 0 Å². The first kappa shape index (κ1) is 10.9. The standard InChI is InChI=1S/C13H12O2S/c1-9-3-8-13(15-9)12(14)7-6-11-5-4-10(2)16-11/h3-8H,1-2H3/b7-6+. The molecule has 16 heavy (non-hydrogen) atoms. The van der Waals surface area contributed by atoms with E-state index in [-0.39, 0.29) is 5.78 Å². The van der Waals surface area contributed by atoms with Gasteiger partial charge in [0.15, 0.2) is 5.76 Å². The van der Waals surface area contributed by atoms with Crippen molar-refractivity contribution in [3.63, 3.8) is 0 Å². The van der Waals surface area contributed by atoms with Gasteiger partial charge in [-0.1, -0.05) is 0 Å². The molecule has 2 aromatic heterocycles. The maximum absolute atomic E-state index is 11.7. The van der Waals surface area contributed by atoms with Crippen LogP contribution in [0.4, 0.5) is 0 Å². The Morgan fingerprint density at radius 2 is 2.06 bits per heavy atom. The lowest BCUT2D eigenvalue weighted by Crippen LogP contribution is -1.89. The van der Waals surface area contributed by atoms with Crippen molar-refractivity contribution in [1.82, 2.24) is 0 Å². The zero-order valence-electron chi connectivity index (χ0n) is 9.19. The second-order valence-electron chi connectivity index (χ2n) is 3.56. The van der Waals surface area contributed by atoms with Gasteiger partial charge in [-0.3, -0.25) is 4.79 Å². The first-order chi connectivity index (χ1) is 7.65. The Balaban J connectivity index is 2.10. The van der Waals surface area contributed by atoms with Gasteiger partial charge in [-0.05, 0) is 50.3 Å². The minimum absolute atomic E-state index is 0.0980. The summed E-state index contributed by atoms with van der Waals surface area (Å²) in [5.74, 6) is 1.05. The van der Waals surface area contributed by atoms with E-state index in [1.54, 1.807) is 29.5 Å². The van der Waals surface area contributed by atoms with Gasteiger partial charge in [-0.2, -0.15) is 0 Å². The monoisotopic (exact) mass is 232 g/mol. The van der Waals surface area contributed by atoms with Crippen molar-refractivity contribution in [2.24, 2.45) is 0 Å². The molecule has 0 radical (unpaired) electrons. The van der Waals surface area contributed by atoms with Gasteiger partial charge in [0, 0.05) is 9.75 Å². The van der Waals surface area contributed by atoms with E-state index >= 15 is 0 Å². The molecule has 0 aliphatic heterocycles. The van der Waals surface area contributed by atoms with E-state index in [4.69, 9.17) is 4.42 Å². The molecule has 0 spiro atoms. The number of aryl methyl sites for hydroxylation is 2. The highest BCUT2D eigenvalue weighted by molar-refractivity contribution is 7.12. The molecule has 2 nitrogen and oxygen atoms in total. The van der Waals surface area contributed by atoms with Gasteiger partial charge in [-0.25, -0.2) is 0 Å². The summed E-state index contributed by atoms with van der Waals surface area (Å²) in [6, 6.07) is 7.51. The Kier molecular flexibility index (Phi) is 3.06. The lowest BCUT2D eigenvalue weighted by molar-refractivity contribution is 0.102. The zero-order valence-corrected chi connectivity index (χ0v) is 10.0. The molecule has 2 heterocycles. The minimum Gasteiger partial charge on any atom is -0.458 e. The predicted molar refractivity (Wildman–Crippen MR) is 65.9 cm³/mol. The second kappa shape index (κ2) is 4.49. The average molecular weight is 232 g/mol. The van der Waals surface area contributed by atoms with Crippen molar-refractivity contribution >= 4 is 23.2 Å². The smallest absolute Gasteiger partial charge is 0.221 e. The van der Waals surface area contributed by atoms with Gasteiger partial charge in [0.05, 0.1) is 0 Å². The zero-order chi connectivity index (χ0) is 11.5. The van der Waals surface area contributed by atoms with Crippen LogP contribution in [-0.2, 0) is 0 Å². The maximum atomic E-state index is 11.7. The largest absolute Gasteiger partial charge is 0.458 e. The molecule has 0 unspecified atom stereocenters. The Morgan fingerprint density at radius 1 is 1.25 bits per heavy atom. The fourth-order valence-corrected chi connectivity index (χ4v) is 2.13. The van der Waals surface area contributed by atoms with Crippen LogP contribution in [0.15, 0.2) is 34.8 Å². The quantitative estimate of drug-likeness (QED) is 0.594. The van der Waals surface area contributed by atoms with Crippen LogP contribution in [0, 0.1) is 13.8 Å². The van der Waals surface area contributed by atoms with Crippen molar-refractivity contribution in [2.75, 3.05) is 0 Å². The Hall–Kier alpha value is -1.61. The number of hydrogen-bond donors (Lipinski definition) is 0. The molecule has 0 saturated carbocycles. The van der Waals surface area contributed by atoms with Gasteiger partial charge in [-0.15, -0.1) is 11.3 Å². The summed E-state index contributed by atoms with van der Waals surface area (Å²) in [6.45, 7) is 3.86. The van der Waals surface area contributed by atoms with Gasteiger partial charge >= 0.3 is 0 Å². The van der Waals surface area contributed by atoms with Gasteiger partial charge < -0.3 is 4.42 Å². The third-order valence-corrected chi connectivity index (χ3v) is 3.11. The van der Waals surface area contributed by atoms with Crippen molar-refractivity contribution < 1.29 is 9.21 Å². The molecule has 0 fully saturated rings. The highest BCUT2D eigenvalue weighted by Crippen LogP contribution is 2.17. The predicted octanol–water partition coefficient (Wildman–Crippen LogP) is 3.85. The molecule has 3 heteroatoms. The van der Waals surface area contributed by atoms with Crippen LogP contribution in [0.2, 0.25) is 0 Å². The topological polar surface area (TPSA) is 30.2 Å². The molecule has 0 aliphatic carbocycles. The van der Waals surface area contributed by atoms with Crippen molar-refractivity contribution in [2.45, 2.75) is 13.8 Å². The third-order valence-electron chi connectivity index (χ3n) is 2.14. The molecule has 0 aliphatic rings. The lowest BCUT2D eigenvalue weighted by atomic mass is 10.2. The van der Waals surface area contributed by atoms with E-state index in [1.165, 1.54) is 4.88 Å². The fourth-order valence-electron chi connectivity index (χ4n) is 1.35. The molecule has 2 aromatic rings. The molecule has 0 aromatic carbocycles. The van der Waals surface area contributed by atoms with Crippen molar-refractivity contribution in [3.05, 3.63) is 51.6 Å². The molecular weight excluding hydrogens is 220 g/mol. The number of ketones is 1. The molecule has 0 amide bonds. The number of hydrogen-bond acceptors (Lipinski definition) is 3. The molecule has 0 bridgehead atoms. The molecule has 0 saturated heterocycles. The third kappa shape index (κ3) is 2.49. The number of carbonyl (C=O) groups is 1. The SMILES string of the molecule is Cc1ccc(C(=O)/C=C/c2ccc(C)s2)o1. The number of furan rings is 1. The van der Waals surface area contributed by atoms with Crippen LogP contribution < -0.4 is 0 Å². The highest BCUT2D eigenvalue weighted by Gasteiger charge is 2.05. The summed E-state index contributed by atoms with van der Waals surface area (Å²) in [4.78, 5) is 14.0. The summed E-state index contributed by atoms with van der Waals surface area (Å²) >= 11 is 1.66. The van der Waals surface area contributed by atoms with Gasteiger partial charge in [0.2, 0.25) is 5.78 Å². The molecule has 82 valence electrons. The first-order valence-corrected chi connectivity index (χ1v) is 5.82. The number of rotatable bonds is 3. The maximum Gasteiger partial charge on any atom is 0.221 e. The van der Waals surface area contributed by atoms with Gasteiger partial charge in [0.1, 0.15) is 5.76 Å². The van der Waals surface area contributed by atoms with Gasteiger partial charge in [0.25, 0.3) is 0 Å². The van der Waals surface area contributed by atoms with E-state index in [0.29, 0.717) is 5.76 Å². The van der Waals surface area contributed by atoms with Crippen LogP contribution in [-0.4, -0.2) is 5.78 Å². The summed E-state index contributed by atoms with van der Waals surface area (Å²) in [6.07, 6.45) is 3.36. The number of allylic oxidation sites excluding steroid dienone is 1. The Bertz CT molecular complexity index is 532. The number of thiophene rings is 1. The molecule has 2 rings (SSSR count). The summed E-state index contributed by atoms with van der Waals surface area (Å²) in [5.41, 5.74) is 0. The summed E-state index contributed by atoms with van der Waals surface area (Å²) in [5, 5.41) is 0. The first-order valence-electron chi connectivity index (χ1n) is 5.00. The highest BCUT2D eigenvalue weighted by atomic mass is 32.1. The van der Waals surface area contributed by atoms with E-state index in [0.717, 1.165) is 10.6 Å². The van der Waals surface area contributed by atoms with Crippen LogP contribution in [0.3, 0.4) is 0 Å². The van der Waals surface area contributed by atoms with Crippen LogP contribution in [0.25, 0.3) is 6.08 Å².